The highest BCUT2D eigenvalue weighted by Gasteiger charge is 2.27. The number of carbonyl (C=O) groups is 1. The zero-order chi connectivity index (χ0) is 22.2. The number of benzene rings is 3. The van der Waals surface area contributed by atoms with Crippen LogP contribution in [0.5, 0.6) is 5.75 Å². The Hall–Kier alpha value is -2.90. The summed E-state index contributed by atoms with van der Waals surface area (Å²) in [6.07, 6.45) is 2.02. The van der Waals surface area contributed by atoms with E-state index in [1.165, 1.54) is 40.1 Å². The lowest BCUT2D eigenvalue weighted by Crippen LogP contribution is -2.31. The highest BCUT2D eigenvalue weighted by molar-refractivity contribution is 7.89. The van der Waals surface area contributed by atoms with Crippen molar-refractivity contribution in [2.75, 3.05) is 25.5 Å². The van der Waals surface area contributed by atoms with Gasteiger partial charge in [-0.3, -0.25) is 4.79 Å². The van der Waals surface area contributed by atoms with Crippen molar-refractivity contribution < 1.29 is 17.9 Å². The molecule has 4 rings (SSSR count). The van der Waals surface area contributed by atoms with Crippen molar-refractivity contribution in [1.29, 1.82) is 0 Å². The molecule has 0 unspecified atom stereocenters. The predicted octanol–water partition coefficient (Wildman–Crippen LogP) is 4.23. The summed E-state index contributed by atoms with van der Waals surface area (Å²) in [4.78, 5) is 13.1. The summed E-state index contributed by atoms with van der Waals surface area (Å²) in [6, 6.07) is 14.6. The van der Waals surface area contributed by atoms with Gasteiger partial charge in [-0.05, 0) is 53.6 Å². The van der Waals surface area contributed by atoms with E-state index in [0.29, 0.717) is 13.1 Å². The number of amides is 1. The third kappa shape index (κ3) is 3.68. The Morgan fingerprint density at radius 3 is 2.42 bits per heavy atom. The van der Waals surface area contributed by atoms with Gasteiger partial charge in [0.15, 0.2) is 0 Å². The molecule has 0 aromatic heterocycles. The number of anilines is 1. The molecule has 0 saturated carbocycles. The average molecular weight is 439 g/mol. The summed E-state index contributed by atoms with van der Waals surface area (Å²) in [5.41, 5.74) is 3.56. The van der Waals surface area contributed by atoms with E-state index in [0.717, 1.165) is 23.9 Å². The number of carbonyl (C=O) groups excluding carboxylic acids is 1. The predicted molar refractivity (Wildman–Crippen MR) is 122 cm³/mol. The molecule has 1 amide bonds. The monoisotopic (exact) mass is 438 g/mol. The second-order valence-electron chi connectivity index (χ2n) is 7.52. The van der Waals surface area contributed by atoms with Crippen LogP contribution in [0.15, 0.2) is 53.4 Å². The smallest absolute Gasteiger partial charge is 0.255 e. The summed E-state index contributed by atoms with van der Waals surface area (Å²) in [7, 11) is -2.36. The fourth-order valence-electron chi connectivity index (χ4n) is 4.27. The third-order valence-electron chi connectivity index (χ3n) is 5.87. The van der Waals surface area contributed by atoms with Gasteiger partial charge in [0.25, 0.3) is 5.91 Å². The van der Waals surface area contributed by atoms with Crippen LogP contribution in [0.3, 0.4) is 0 Å². The number of hydrogen-bond acceptors (Lipinski definition) is 4. The molecule has 0 aliphatic heterocycles. The minimum Gasteiger partial charge on any atom is -0.495 e. The number of nitrogens with zero attached hydrogens (tertiary/aromatic N) is 1. The molecule has 1 N–H and O–H groups in total. The van der Waals surface area contributed by atoms with Crippen LogP contribution < -0.4 is 10.1 Å². The molecular formula is C24H26N2O4S. The van der Waals surface area contributed by atoms with Crippen molar-refractivity contribution in [3.63, 3.8) is 0 Å². The Labute approximate surface area is 182 Å². The van der Waals surface area contributed by atoms with Gasteiger partial charge in [0, 0.05) is 29.7 Å². The van der Waals surface area contributed by atoms with Gasteiger partial charge in [-0.2, -0.15) is 4.31 Å². The normalized spacial score (nSPS) is 13.0. The SMILES string of the molecule is CCN(CC)S(=O)(=O)c1cc(C(=O)Nc2ccc3c4c(cccc24)CC3)ccc1OC. The van der Waals surface area contributed by atoms with Gasteiger partial charge >= 0.3 is 0 Å². The van der Waals surface area contributed by atoms with Gasteiger partial charge in [0.2, 0.25) is 10.0 Å². The summed E-state index contributed by atoms with van der Waals surface area (Å²) in [5, 5.41) is 5.18. The van der Waals surface area contributed by atoms with Crippen molar-refractivity contribution in [3.8, 4) is 5.75 Å². The number of aryl methyl sites for hydroxylation is 2. The molecule has 0 fully saturated rings. The maximum absolute atomic E-state index is 13.1. The number of nitrogens with one attached hydrogen (secondary N) is 1. The van der Waals surface area contributed by atoms with Crippen LogP contribution in [0.25, 0.3) is 10.8 Å². The summed E-state index contributed by atoms with van der Waals surface area (Å²) in [6.45, 7) is 4.22. The first-order valence-electron chi connectivity index (χ1n) is 10.4. The second-order valence-corrected chi connectivity index (χ2v) is 9.43. The van der Waals surface area contributed by atoms with E-state index in [1.807, 2.05) is 18.2 Å². The summed E-state index contributed by atoms with van der Waals surface area (Å²) < 4.78 is 32.8. The van der Waals surface area contributed by atoms with Crippen LogP contribution in [0.4, 0.5) is 5.69 Å². The van der Waals surface area contributed by atoms with Gasteiger partial charge < -0.3 is 10.1 Å². The molecule has 3 aromatic carbocycles. The molecule has 0 atom stereocenters. The zero-order valence-electron chi connectivity index (χ0n) is 17.9. The van der Waals surface area contributed by atoms with Crippen molar-refractivity contribution >= 4 is 32.4 Å². The lowest BCUT2D eigenvalue weighted by Gasteiger charge is -2.20. The van der Waals surface area contributed by atoms with Crippen LogP contribution in [-0.2, 0) is 22.9 Å². The van der Waals surface area contributed by atoms with Crippen LogP contribution >= 0.6 is 0 Å². The second kappa shape index (κ2) is 8.32. The van der Waals surface area contributed by atoms with Gasteiger partial charge in [-0.25, -0.2) is 8.42 Å². The highest BCUT2D eigenvalue weighted by atomic mass is 32.2. The molecule has 7 heteroatoms. The van der Waals surface area contributed by atoms with Gasteiger partial charge in [0.1, 0.15) is 10.6 Å². The molecule has 0 saturated heterocycles. The van der Waals surface area contributed by atoms with Crippen molar-refractivity contribution in [2.45, 2.75) is 31.6 Å². The van der Waals surface area contributed by atoms with Crippen molar-refractivity contribution in [1.82, 2.24) is 4.31 Å². The van der Waals surface area contributed by atoms with E-state index in [-0.39, 0.29) is 22.1 Å². The minimum absolute atomic E-state index is 0.00763. The first-order valence-corrected chi connectivity index (χ1v) is 11.9. The Bertz CT molecular complexity index is 1250. The number of ether oxygens (including phenoxy) is 1. The Morgan fingerprint density at radius 2 is 1.74 bits per heavy atom. The maximum atomic E-state index is 13.1. The molecule has 6 nitrogen and oxygen atoms in total. The first-order chi connectivity index (χ1) is 14.9. The van der Waals surface area contributed by atoms with Crippen molar-refractivity contribution in [3.05, 3.63) is 65.2 Å². The van der Waals surface area contributed by atoms with Crippen molar-refractivity contribution in [2.24, 2.45) is 0 Å². The molecule has 3 aromatic rings. The lowest BCUT2D eigenvalue weighted by molar-refractivity contribution is 0.102. The van der Waals surface area contributed by atoms with E-state index in [4.69, 9.17) is 4.74 Å². The van der Waals surface area contributed by atoms with Gasteiger partial charge in [0.05, 0.1) is 7.11 Å². The maximum Gasteiger partial charge on any atom is 0.255 e. The van der Waals surface area contributed by atoms with E-state index < -0.39 is 10.0 Å². The van der Waals surface area contributed by atoms with E-state index >= 15 is 0 Å². The quantitative estimate of drug-likeness (QED) is 0.599. The topological polar surface area (TPSA) is 75.7 Å². The van der Waals surface area contributed by atoms with Crippen LogP contribution in [-0.4, -0.2) is 38.8 Å². The number of methoxy groups -OCH3 is 1. The Kier molecular flexibility index (Phi) is 5.73. The first kappa shape index (κ1) is 21.3. The fraction of sp³-hybridized carbons (Fsp3) is 0.292. The van der Waals surface area contributed by atoms with Crippen LogP contribution in [0.2, 0.25) is 0 Å². The summed E-state index contributed by atoms with van der Waals surface area (Å²) >= 11 is 0. The van der Waals surface area contributed by atoms with Crippen LogP contribution in [0.1, 0.15) is 35.3 Å². The third-order valence-corrected chi connectivity index (χ3v) is 7.95. The molecule has 0 radical (unpaired) electrons. The van der Waals surface area contributed by atoms with E-state index in [9.17, 15) is 13.2 Å². The molecule has 1 aliphatic carbocycles. The standard InChI is InChI=1S/C24H26N2O4S/c1-4-26(5-2)31(28,29)22-15-18(12-14-21(22)30-3)24(27)25-20-13-11-17-10-9-16-7-6-8-19(20)23(16)17/h6-8,11-15H,4-5,9-10H2,1-3H3,(H,25,27). The van der Waals surface area contributed by atoms with E-state index in [1.54, 1.807) is 19.9 Å². The molecule has 0 heterocycles. The van der Waals surface area contributed by atoms with Gasteiger partial charge in [-0.1, -0.05) is 38.1 Å². The fourth-order valence-corrected chi connectivity index (χ4v) is 5.91. The zero-order valence-corrected chi connectivity index (χ0v) is 18.8. The van der Waals surface area contributed by atoms with Gasteiger partial charge in [-0.15, -0.1) is 0 Å². The number of rotatable bonds is 7. The Balaban J connectivity index is 1.72. The summed E-state index contributed by atoms with van der Waals surface area (Å²) in [5.74, 6) is -0.147. The Morgan fingerprint density at radius 1 is 1.03 bits per heavy atom. The average Bonchev–Trinajstić information content (AvgIpc) is 3.20. The highest BCUT2D eigenvalue weighted by Crippen LogP contribution is 2.35. The van der Waals surface area contributed by atoms with Crippen LogP contribution in [0, 0.1) is 0 Å². The molecule has 31 heavy (non-hydrogen) atoms. The number of sulfonamides is 1. The lowest BCUT2D eigenvalue weighted by atomic mass is 10.0. The number of hydrogen-bond donors (Lipinski definition) is 1. The molecule has 0 spiro atoms. The van der Waals surface area contributed by atoms with E-state index in [2.05, 4.69) is 17.4 Å². The minimum atomic E-state index is -3.78. The molecule has 1 aliphatic rings. The molecule has 0 bridgehead atoms. The molecular weight excluding hydrogens is 412 g/mol. The largest absolute Gasteiger partial charge is 0.495 e. The molecule has 162 valence electrons.